The van der Waals surface area contributed by atoms with Crippen LogP contribution < -0.4 is 14.4 Å². The average molecular weight is 370 g/mol. The van der Waals surface area contributed by atoms with Crippen molar-refractivity contribution >= 4 is 17.5 Å². The van der Waals surface area contributed by atoms with Crippen molar-refractivity contribution in [3.8, 4) is 11.5 Å². The van der Waals surface area contributed by atoms with E-state index in [0.717, 1.165) is 5.69 Å². The highest BCUT2D eigenvalue weighted by atomic mass is 16.5. The number of nitrogens with zero attached hydrogens (tertiary/aromatic N) is 2. The van der Waals surface area contributed by atoms with Crippen LogP contribution in [0.2, 0.25) is 0 Å². The van der Waals surface area contributed by atoms with Gasteiger partial charge in [0.1, 0.15) is 0 Å². The molecule has 2 rings (SSSR count). The van der Waals surface area contributed by atoms with Gasteiger partial charge in [-0.2, -0.15) is 0 Å². The maximum atomic E-state index is 12.8. The number of benzene rings is 2. The molecule has 6 nitrogen and oxygen atoms in total. The van der Waals surface area contributed by atoms with E-state index in [2.05, 4.69) is 0 Å². The van der Waals surface area contributed by atoms with Crippen molar-refractivity contribution in [1.29, 1.82) is 0 Å². The van der Waals surface area contributed by atoms with Gasteiger partial charge in [0.25, 0.3) is 11.8 Å². The average Bonchev–Trinajstić information content (AvgIpc) is 2.66. The topological polar surface area (TPSA) is 59.1 Å². The molecule has 6 heteroatoms. The monoisotopic (exact) mass is 370 g/mol. The number of hydrogen-bond acceptors (Lipinski definition) is 4. The van der Waals surface area contributed by atoms with Crippen molar-refractivity contribution < 1.29 is 19.1 Å². The summed E-state index contributed by atoms with van der Waals surface area (Å²) >= 11 is 0. The lowest BCUT2D eigenvalue weighted by Gasteiger charge is -2.27. The first-order valence-electron chi connectivity index (χ1n) is 8.75. The Hall–Kier alpha value is -3.02. The first-order chi connectivity index (χ1) is 12.9. The maximum Gasteiger partial charge on any atom is 0.265 e. The Morgan fingerprint density at radius 1 is 1.00 bits per heavy atom. The number of amides is 2. The molecule has 0 N–H and O–H groups in total. The largest absolute Gasteiger partial charge is 0.493 e. The Morgan fingerprint density at radius 3 is 2.22 bits per heavy atom. The lowest BCUT2D eigenvalue weighted by Crippen LogP contribution is -2.40. The standard InChI is InChI=1S/C21H26N2O4/c1-15(2)23(16-10-7-6-8-11-16)19(24)14-27-20-17(21(25)22(3)4)12-9-13-18(20)26-5/h6-13,15H,14H2,1-5H3. The van der Waals surface area contributed by atoms with Crippen LogP contribution in [0, 0.1) is 0 Å². The van der Waals surface area contributed by atoms with Crippen LogP contribution in [-0.2, 0) is 4.79 Å². The highest BCUT2D eigenvalue weighted by Gasteiger charge is 2.23. The van der Waals surface area contributed by atoms with E-state index in [9.17, 15) is 9.59 Å². The number of carbonyl (C=O) groups is 2. The molecule has 0 unspecified atom stereocenters. The Bertz CT molecular complexity index is 788. The van der Waals surface area contributed by atoms with Crippen molar-refractivity contribution in [1.82, 2.24) is 4.90 Å². The maximum absolute atomic E-state index is 12.8. The third-order valence-electron chi connectivity index (χ3n) is 3.99. The molecule has 0 atom stereocenters. The lowest BCUT2D eigenvalue weighted by molar-refractivity contribution is -0.120. The lowest BCUT2D eigenvalue weighted by atomic mass is 10.1. The molecule has 0 heterocycles. The van der Waals surface area contributed by atoms with Crippen LogP contribution in [0.1, 0.15) is 24.2 Å². The SMILES string of the molecule is COc1cccc(C(=O)N(C)C)c1OCC(=O)N(c1ccccc1)C(C)C. The molecule has 0 aromatic heterocycles. The van der Waals surface area contributed by atoms with Crippen LogP contribution in [0.4, 0.5) is 5.69 Å². The fourth-order valence-electron chi connectivity index (χ4n) is 2.76. The minimum atomic E-state index is -0.222. The molecule has 0 saturated carbocycles. The van der Waals surface area contributed by atoms with E-state index < -0.39 is 0 Å². The molecule has 2 aromatic carbocycles. The van der Waals surface area contributed by atoms with Gasteiger partial charge in [0.15, 0.2) is 18.1 Å². The third kappa shape index (κ3) is 4.78. The zero-order chi connectivity index (χ0) is 20.0. The van der Waals surface area contributed by atoms with Gasteiger partial charge >= 0.3 is 0 Å². The minimum absolute atomic E-state index is 0.0379. The van der Waals surface area contributed by atoms with Crippen molar-refractivity contribution in [3.63, 3.8) is 0 Å². The van der Waals surface area contributed by atoms with E-state index in [1.54, 1.807) is 37.2 Å². The summed E-state index contributed by atoms with van der Waals surface area (Å²) in [6, 6.07) is 14.4. The van der Waals surface area contributed by atoms with Gasteiger partial charge in [0.2, 0.25) is 0 Å². The number of carbonyl (C=O) groups excluding carboxylic acids is 2. The van der Waals surface area contributed by atoms with Gasteiger partial charge in [-0.1, -0.05) is 24.3 Å². The molecule has 0 fully saturated rings. The second-order valence-corrected chi connectivity index (χ2v) is 6.52. The van der Waals surface area contributed by atoms with E-state index in [1.807, 2.05) is 44.2 Å². The fourth-order valence-corrected chi connectivity index (χ4v) is 2.76. The molecule has 27 heavy (non-hydrogen) atoms. The Balaban J connectivity index is 2.27. The fraction of sp³-hybridized carbons (Fsp3) is 0.333. The summed E-state index contributed by atoms with van der Waals surface area (Å²) in [5.41, 5.74) is 1.15. The Kier molecular flexibility index (Phi) is 6.82. The van der Waals surface area contributed by atoms with E-state index in [4.69, 9.17) is 9.47 Å². The number of anilines is 1. The Labute approximate surface area is 160 Å². The van der Waals surface area contributed by atoms with Gasteiger partial charge in [0, 0.05) is 25.8 Å². The second kappa shape index (κ2) is 9.07. The van der Waals surface area contributed by atoms with Gasteiger partial charge in [0.05, 0.1) is 12.7 Å². The van der Waals surface area contributed by atoms with Crippen LogP contribution in [0.15, 0.2) is 48.5 Å². The second-order valence-electron chi connectivity index (χ2n) is 6.52. The van der Waals surface area contributed by atoms with E-state index in [1.165, 1.54) is 12.0 Å². The molecule has 0 aliphatic rings. The highest BCUT2D eigenvalue weighted by molar-refractivity contribution is 5.98. The van der Waals surface area contributed by atoms with Crippen LogP contribution >= 0.6 is 0 Å². The van der Waals surface area contributed by atoms with Crippen LogP contribution in [0.25, 0.3) is 0 Å². The third-order valence-corrected chi connectivity index (χ3v) is 3.99. The normalized spacial score (nSPS) is 10.4. The zero-order valence-corrected chi connectivity index (χ0v) is 16.4. The minimum Gasteiger partial charge on any atom is -0.493 e. The molecule has 0 aliphatic carbocycles. The predicted octanol–water partition coefficient (Wildman–Crippen LogP) is 3.22. The summed E-state index contributed by atoms with van der Waals surface area (Å²) in [4.78, 5) is 28.4. The van der Waals surface area contributed by atoms with Gasteiger partial charge in [-0.15, -0.1) is 0 Å². The molecule has 0 aliphatic heterocycles. The Morgan fingerprint density at radius 2 is 1.67 bits per heavy atom. The summed E-state index contributed by atoms with van der Waals surface area (Å²) in [5.74, 6) is 0.251. The van der Waals surface area contributed by atoms with E-state index in [-0.39, 0.29) is 30.2 Å². The molecule has 144 valence electrons. The van der Waals surface area contributed by atoms with Gasteiger partial charge in [-0.3, -0.25) is 9.59 Å². The van der Waals surface area contributed by atoms with E-state index in [0.29, 0.717) is 11.3 Å². The van der Waals surface area contributed by atoms with Crippen molar-refractivity contribution in [2.24, 2.45) is 0 Å². The molecule has 2 aromatic rings. The summed E-state index contributed by atoms with van der Waals surface area (Å²) in [7, 11) is 4.82. The van der Waals surface area contributed by atoms with Crippen molar-refractivity contribution in [2.45, 2.75) is 19.9 Å². The van der Waals surface area contributed by atoms with Crippen molar-refractivity contribution in [2.75, 3.05) is 32.7 Å². The van der Waals surface area contributed by atoms with Crippen LogP contribution in [-0.4, -0.2) is 50.6 Å². The molecule has 0 spiro atoms. The number of para-hydroxylation sites is 2. The first kappa shape index (κ1) is 20.3. The van der Waals surface area contributed by atoms with Crippen LogP contribution in [0.5, 0.6) is 11.5 Å². The number of methoxy groups -OCH3 is 1. The molecule has 0 saturated heterocycles. The van der Waals surface area contributed by atoms with Gasteiger partial charge in [-0.05, 0) is 38.1 Å². The number of rotatable bonds is 7. The van der Waals surface area contributed by atoms with Gasteiger partial charge < -0.3 is 19.3 Å². The predicted molar refractivity (Wildman–Crippen MR) is 106 cm³/mol. The van der Waals surface area contributed by atoms with Crippen LogP contribution in [0.3, 0.4) is 0 Å². The first-order valence-corrected chi connectivity index (χ1v) is 8.75. The van der Waals surface area contributed by atoms with E-state index >= 15 is 0 Å². The molecular formula is C21H26N2O4. The molecule has 0 bridgehead atoms. The quantitative estimate of drug-likeness (QED) is 0.751. The summed E-state index contributed by atoms with van der Waals surface area (Å²) in [6.45, 7) is 3.67. The highest BCUT2D eigenvalue weighted by Crippen LogP contribution is 2.32. The molecule has 0 radical (unpaired) electrons. The summed E-state index contributed by atoms with van der Waals surface area (Å²) in [6.07, 6.45) is 0. The smallest absolute Gasteiger partial charge is 0.265 e. The number of hydrogen-bond donors (Lipinski definition) is 0. The summed E-state index contributed by atoms with van der Waals surface area (Å²) < 4.78 is 11.1. The zero-order valence-electron chi connectivity index (χ0n) is 16.4. The van der Waals surface area contributed by atoms with Crippen molar-refractivity contribution in [3.05, 3.63) is 54.1 Å². The molecular weight excluding hydrogens is 344 g/mol. The summed E-state index contributed by atoms with van der Waals surface area (Å²) in [5, 5.41) is 0. The van der Waals surface area contributed by atoms with Gasteiger partial charge in [-0.25, -0.2) is 0 Å². The molecule has 2 amide bonds. The number of ether oxygens (including phenoxy) is 2.